The van der Waals surface area contributed by atoms with Crippen LogP contribution in [0.1, 0.15) is 22.3 Å². The Balaban J connectivity index is 1.53. The van der Waals surface area contributed by atoms with Gasteiger partial charge in [-0.3, -0.25) is 14.5 Å². The van der Waals surface area contributed by atoms with Crippen LogP contribution in [0.15, 0.2) is 71.7 Å². The Labute approximate surface area is 235 Å². The van der Waals surface area contributed by atoms with Crippen molar-refractivity contribution in [2.45, 2.75) is 18.1 Å². The van der Waals surface area contributed by atoms with E-state index < -0.39 is 17.0 Å². The van der Waals surface area contributed by atoms with Crippen LogP contribution >= 0.6 is 11.8 Å². The minimum Gasteiger partial charge on any atom is -0.493 e. The van der Waals surface area contributed by atoms with Crippen molar-refractivity contribution in [3.63, 3.8) is 0 Å². The van der Waals surface area contributed by atoms with Crippen LogP contribution in [0.3, 0.4) is 0 Å². The Bertz CT molecular complexity index is 1410. The van der Waals surface area contributed by atoms with E-state index in [1.165, 1.54) is 43.5 Å². The summed E-state index contributed by atoms with van der Waals surface area (Å²) in [5, 5.41) is 2.38. The SMILES string of the molecule is COC(=O)c1ccc(NC(=O)[C@@H]2CC(=O)N(CCc3ccc(OC)c(OC)c3)C(=Nc3ccc(F)cc3)S2)cc1. The van der Waals surface area contributed by atoms with Gasteiger partial charge in [-0.25, -0.2) is 14.2 Å². The fourth-order valence-electron chi connectivity index (χ4n) is 3.99. The third kappa shape index (κ3) is 6.97. The van der Waals surface area contributed by atoms with Gasteiger partial charge in [0.25, 0.3) is 0 Å². The number of rotatable bonds is 9. The molecule has 11 heteroatoms. The van der Waals surface area contributed by atoms with E-state index in [1.54, 1.807) is 37.3 Å². The maximum absolute atomic E-state index is 13.5. The van der Waals surface area contributed by atoms with Crippen molar-refractivity contribution < 1.29 is 33.0 Å². The van der Waals surface area contributed by atoms with Crippen LogP contribution < -0.4 is 14.8 Å². The van der Waals surface area contributed by atoms with Gasteiger partial charge < -0.3 is 19.5 Å². The van der Waals surface area contributed by atoms with Crippen LogP contribution in [-0.2, 0) is 20.7 Å². The summed E-state index contributed by atoms with van der Waals surface area (Å²) in [4.78, 5) is 44.2. The highest BCUT2D eigenvalue weighted by Gasteiger charge is 2.36. The molecule has 3 aromatic rings. The number of hydrogen-bond donors (Lipinski definition) is 1. The Kier molecular flexibility index (Phi) is 9.39. The molecule has 2 amide bonds. The van der Waals surface area contributed by atoms with E-state index in [9.17, 15) is 18.8 Å². The zero-order chi connectivity index (χ0) is 28.6. The lowest BCUT2D eigenvalue weighted by Crippen LogP contribution is -2.46. The molecule has 1 heterocycles. The van der Waals surface area contributed by atoms with Crippen LogP contribution in [-0.4, -0.2) is 61.0 Å². The normalized spacial score (nSPS) is 16.0. The van der Waals surface area contributed by atoms with Crippen molar-refractivity contribution in [3.8, 4) is 11.5 Å². The highest BCUT2D eigenvalue weighted by Crippen LogP contribution is 2.31. The predicted molar refractivity (Wildman–Crippen MR) is 151 cm³/mol. The molecule has 1 saturated heterocycles. The van der Waals surface area contributed by atoms with Gasteiger partial charge in [0, 0.05) is 18.7 Å². The molecule has 0 spiro atoms. The number of esters is 1. The number of amidine groups is 1. The van der Waals surface area contributed by atoms with Crippen molar-refractivity contribution in [2.24, 2.45) is 4.99 Å². The summed E-state index contributed by atoms with van der Waals surface area (Å²) >= 11 is 1.16. The van der Waals surface area contributed by atoms with Crippen LogP contribution in [0.25, 0.3) is 0 Å². The van der Waals surface area contributed by atoms with Crippen molar-refractivity contribution >= 4 is 46.1 Å². The monoisotopic (exact) mass is 565 g/mol. The van der Waals surface area contributed by atoms with Gasteiger partial charge >= 0.3 is 5.97 Å². The van der Waals surface area contributed by atoms with Gasteiger partial charge in [0.1, 0.15) is 11.1 Å². The first-order chi connectivity index (χ1) is 19.3. The highest BCUT2D eigenvalue weighted by atomic mass is 32.2. The van der Waals surface area contributed by atoms with Crippen molar-refractivity contribution in [3.05, 3.63) is 83.7 Å². The van der Waals surface area contributed by atoms with Gasteiger partial charge in [-0.15, -0.1) is 0 Å². The number of benzene rings is 3. The summed E-state index contributed by atoms with van der Waals surface area (Å²) in [7, 11) is 4.40. The second-order valence-corrected chi connectivity index (χ2v) is 9.89. The van der Waals surface area contributed by atoms with Crippen LogP contribution in [0.2, 0.25) is 0 Å². The molecule has 9 nitrogen and oxygen atoms in total. The number of carbonyl (C=O) groups is 3. The summed E-state index contributed by atoms with van der Waals surface area (Å²) in [5.74, 6) is -0.353. The van der Waals surface area contributed by atoms with Crippen molar-refractivity contribution in [1.82, 2.24) is 4.90 Å². The molecule has 4 rings (SSSR count). The molecule has 40 heavy (non-hydrogen) atoms. The number of amides is 2. The molecule has 3 aromatic carbocycles. The largest absolute Gasteiger partial charge is 0.493 e. The molecule has 1 atom stereocenters. The summed E-state index contributed by atoms with van der Waals surface area (Å²) in [5.41, 5.74) is 2.19. The summed E-state index contributed by atoms with van der Waals surface area (Å²) < 4.78 is 28.8. The fraction of sp³-hybridized carbons (Fsp3) is 0.241. The first kappa shape index (κ1) is 28.6. The van der Waals surface area contributed by atoms with E-state index in [1.807, 2.05) is 12.1 Å². The molecule has 0 saturated carbocycles. The van der Waals surface area contributed by atoms with Gasteiger partial charge in [0.05, 0.1) is 32.6 Å². The number of ether oxygens (including phenoxy) is 3. The minimum atomic E-state index is -0.746. The summed E-state index contributed by atoms with van der Waals surface area (Å²) in [6.45, 7) is 0.310. The van der Waals surface area contributed by atoms with E-state index in [0.717, 1.165) is 17.3 Å². The average Bonchev–Trinajstić information content (AvgIpc) is 2.97. The standard InChI is InChI=1S/C29H28FN3O6S/c1-37-23-13-4-18(16-24(23)38-2)14-15-33-26(34)17-25(40-29(33)32-22-11-7-20(30)8-12-22)27(35)31-21-9-5-19(6-10-21)28(36)39-3/h4-13,16,25H,14-15,17H2,1-3H3,(H,31,35)/t25-/m0/s1. The van der Waals surface area contributed by atoms with E-state index in [0.29, 0.717) is 46.6 Å². The number of anilines is 1. The Morgan fingerprint density at radius 1 is 1.00 bits per heavy atom. The maximum Gasteiger partial charge on any atom is 0.337 e. The second kappa shape index (κ2) is 13.1. The zero-order valence-electron chi connectivity index (χ0n) is 22.2. The third-order valence-corrected chi connectivity index (χ3v) is 7.32. The molecule has 208 valence electrons. The lowest BCUT2D eigenvalue weighted by molar-refractivity contribution is -0.129. The van der Waals surface area contributed by atoms with Gasteiger partial charge in [0.15, 0.2) is 16.7 Å². The quantitative estimate of drug-likeness (QED) is 0.371. The lowest BCUT2D eigenvalue weighted by Gasteiger charge is -2.32. The van der Waals surface area contributed by atoms with Crippen LogP contribution in [0.5, 0.6) is 11.5 Å². The lowest BCUT2D eigenvalue weighted by atomic mass is 10.1. The van der Waals surface area contributed by atoms with Gasteiger partial charge in [-0.2, -0.15) is 0 Å². The van der Waals surface area contributed by atoms with E-state index >= 15 is 0 Å². The average molecular weight is 566 g/mol. The van der Waals surface area contributed by atoms with E-state index in [2.05, 4.69) is 10.3 Å². The molecular formula is C29H28FN3O6S. The smallest absolute Gasteiger partial charge is 0.337 e. The van der Waals surface area contributed by atoms with Crippen molar-refractivity contribution in [2.75, 3.05) is 33.2 Å². The Morgan fingerprint density at radius 2 is 1.70 bits per heavy atom. The van der Waals surface area contributed by atoms with Gasteiger partial charge in [0.2, 0.25) is 11.8 Å². The highest BCUT2D eigenvalue weighted by molar-refractivity contribution is 8.15. The molecule has 0 bridgehead atoms. The number of aliphatic imine (C=N–C) groups is 1. The van der Waals surface area contributed by atoms with Gasteiger partial charge in [-0.05, 0) is 72.6 Å². The molecule has 1 fully saturated rings. The number of methoxy groups -OCH3 is 3. The zero-order valence-corrected chi connectivity index (χ0v) is 23.0. The van der Waals surface area contributed by atoms with Crippen LogP contribution in [0, 0.1) is 5.82 Å². The molecule has 1 aliphatic heterocycles. The molecule has 0 aliphatic carbocycles. The van der Waals surface area contributed by atoms with Gasteiger partial charge in [-0.1, -0.05) is 17.8 Å². The van der Waals surface area contributed by atoms with Crippen LogP contribution in [0.4, 0.5) is 15.8 Å². The molecule has 0 unspecified atom stereocenters. The number of hydrogen-bond acceptors (Lipinski definition) is 8. The summed E-state index contributed by atoms with van der Waals surface area (Å²) in [6, 6.07) is 17.4. The minimum absolute atomic E-state index is 0.0366. The maximum atomic E-state index is 13.5. The van der Waals surface area contributed by atoms with Crippen molar-refractivity contribution in [1.29, 1.82) is 0 Å². The molecule has 0 aromatic heterocycles. The first-order valence-corrected chi connectivity index (χ1v) is 13.2. The number of nitrogens with one attached hydrogen (secondary N) is 1. The van der Waals surface area contributed by atoms with E-state index in [-0.39, 0.29) is 18.2 Å². The molecule has 0 radical (unpaired) electrons. The molecule has 1 aliphatic rings. The predicted octanol–water partition coefficient (Wildman–Crippen LogP) is 4.83. The third-order valence-electron chi connectivity index (χ3n) is 6.13. The number of carbonyl (C=O) groups excluding carboxylic acids is 3. The molecule has 1 N–H and O–H groups in total. The number of nitrogens with zero attached hydrogens (tertiary/aromatic N) is 2. The second-order valence-electron chi connectivity index (χ2n) is 8.72. The number of halogens is 1. The fourth-order valence-corrected chi connectivity index (χ4v) is 5.12. The Hall–Kier alpha value is -4.38. The summed E-state index contributed by atoms with van der Waals surface area (Å²) in [6.07, 6.45) is 0.462. The van der Waals surface area contributed by atoms with E-state index in [4.69, 9.17) is 14.2 Å². The first-order valence-electron chi connectivity index (χ1n) is 12.3. The Morgan fingerprint density at radius 3 is 2.35 bits per heavy atom. The topological polar surface area (TPSA) is 107 Å². The molecular weight excluding hydrogens is 537 g/mol. The number of thioether (sulfide) groups is 1.